The molecule has 0 heterocycles. The normalized spacial score (nSPS) is 10.8. The summed E-state index contributed by atoms with van der Waals surface area (Å²) in [6.45, 7) is 20.4. The molecule has 2 rings (SSSR count). The van der Waals surface area contributed by atoms with Crippen LogP contribution in [0.25, 0.3) is 12.2 Å². The van der Waals surface area contributed by atoms with Crippen molar-refractivity contribution in [1.29, 1.82) is 0 Å². The zero-order valence-electron chi connectivity index (χ0n) is 15.9. The molecule has 0 saturated heterocycles. The van der Waals surface area contributed by atoms with Gasteiger partial charge in [0, 0.05) is 5.41 Å². The minimum atomic E-state index is -0.148. The van der Waals surface area contributed by atoms with Crippen LogP contribution < -0.4 is 4.74 Å². The quantitative estimate of drug-likeness (QED) is 0.466. The van der Waals surface area contributed by atoms with Crippen molar-refractivity contribution in [2.75, 3.05) is 6.61 Å². The van der Waals surface area contributed by atoms with Gasteiger partial charge < -0.3 is 4.74 Å². The molecule has 0 spiro atoms. The molecule has 0 saturated carbocycles. The third-order valence-corrected chi connectivity index (χ3v) is 4.75. The maximum atomic E-state index is 5.79. The lowest BCUT2D eigenvalue weighted by molar-refractivity contribution is 0.359. The standard InChI is InChI=1S/C25H28O/c1-7-11-21-18-23(14-15-24(21)26-16-8-2)25(5,6)22-13-12-19(9-3)20(10-4)17-22/h7-10,12-15,17-18H,1-4,11,16H2,5-6H3. The van der Waals surface area contributed by atoms with Crippen LogP contribution in [-0.2, 0) is 11.8 Å². The summed E-state index contributed by atoms with van der Waals surface area (Å²) in [7, 11) is 0. The molecule has 0 unspecified atom stereocenters. The average Bonchev–Trinajstić information content (AvgIpc) is 2.66. The van der Waals surface area contributed by atoms with Crippen molar-refractivity contribution in [2.24, 2.45) is 0 Å². The summed E-state index contributed by atoms with van der Waals surface area (Å²) < 4.78 is 5.79. The van der Waals surface area contributed by atoms with E-state index in [-0.39, 0.29) is 5.41 Å². The van der Waals surface area contributed by atoms with Gasteiger partial charge in [0.15, 0.2) is 0 Å². The van der Waals surface area contributed by atoms with Crippen LogP contribution >= 0.6 is 0 Å². The molecule has 134 valence electrons. The molecule has 2 aromatic carbocycles. The Bertz CT molecular complexity index is 824. The number of ether oxygens (including phenoxy) is 1. The number of rotatable bonds is 9. The van der Waals surface area contributed by atoms with Crippen LogP contribution in [-0.4, -0.2) is 6.61 Å². The van der Waals surface area contributed by atoms with Crippen LogP contribution in [0.15, 0.2) is 74.9 Å². The van der Waals surface area contributed by atoms with E-state index >= 15 is 0 Å². The predicted octanol–water partition coefficient (Wildman–Crippen LogP) is 6.59. The van der Waals surface area contributed by atoms with Gasteiger partial charge in [0.2, 0.25) is 0 Å². The van der Waals surface area contributed by atoms with Crippen molar-refractivity contribution in [3.05, 3.63) is 103 Å². The Morgan fingerprint density at radius 3 is 2.12 bits per heavy atom. The van der Waals surface area contributed by atoms with Crippen molar-refractivity contribution < 1.29 is 4.74 Å². The van der Waals surface area contributed by atoms with Crippen LogP contribution in [0.1, 0.15) is 41.7 Å². The van der Waals surface area contributed by atoms with Gasteiger partial charge in [-0.1, -0.05) is 88.2 Å². The van der Waals surface area contributed by atoms with Crippen molar-refractivity contribution in [3.8, 4) is 5.75 Å². The molecule has 0 aromatic heterocycles. The summed E-state index contributed by atoms with van der Waals surface area (Å²) in [6.07, 6.45) is 8.17. The highest BCUT2D eigenvalue weighted by Gasteiger charge is 2.24. The zero-order valence-corrected chi connectivity index (χ0v) is 15.9. The lowest BCUT2D eigenvalue weighted by atomic mass is 9.76. The van der Waals surface area contributed by atoms with Crippen LogP contribution in [0.4, 0.5) is 0 Å². The predicted molar refractivity (Wildman–Crippen MR) is 115 cm³/mol. The zero-order chi connectivity index (χ0) is 19.2. The Morgan fingerprint density at radius 2 is 1.50 bits per heavy atom. The molecule has 0 atom stereocenters. The van der Waals surface area contributed by atoms with E-state index in [0.717, 1.165) is 28.9 Å². The molecule has 0 bridgehead atoms. The fraction of sp³-hybridized carbons (Fsp3) is 0.200. The maximum Gasteiger partial charge on any atom is 0.123 e. The van der Waals surface area contributed by atoms with Gasteiger partial charge in [0.05, 0.1) is 0 Å². The first-order valence-electron chi connectivity index (χ1n) is 8.85. The minimum Gasteiger partial charge on any atom is -0.489 e. The van der Waals surface area contributed by atoms with Crippen LogP contribution in [0, 0.1) is 0 Å². The Hall–Kier alpha value is -2.80. The second kappa shape index (κ2) is 8.53. The largest absolute Gasteiger partial charge is 0.489 e. The van der Waals surface area contributed by atoms with Gasteiger partial charge in [0.1, 0.15) is 12.4 Å². The van der Waals surface area contributed by atoms with E-state index in [2.05, 4.69) is 70.5 Å². The first-order chi connectivity index (χ1) is 12.5. The van der Waals surface area contributed by atoms with Crippen molar-refractivity contribution in [2.45, 2.75) is 25.7 Å². The molecule has 0 aliphatic heterocycles. The number of hydrogen-bond acceptors (Lipinski definition) is 1. The second-order valence-electron chi connectivity index (χ2n) is 6.79. The molecule has 0 aliphatic carbocycles. The third kappa shape index (κ3) is 4.05. The first-order valence-corrected chi connectivity index (χ1v) is 8.85. The molecule has 26 heavy (non-hydrogen) atoms. The van der Waals surface area contributed by atoms with Crippen LogP contribution in [0.5, 0.6) is 5.75 Å². The highest BCUT2D eigenvalue weighted by Crippen LogP contribution is 2.35. The van der Waals surface area contributed by atoms with E-state index in [1.165, 1.54) is 11.1 Å². The van der Waals surface area contributed by atoms with Gasteiger partial charge in [-0.15, -0.1) is 6.58 Å². The van der Waals surface area contributed by atoms with Crippen molar-refractivity contribution in [1.82, 2.24) is 0 Å². The topological polar surface area (TPSA) is 9.23 Å². The van der Waals surface area contributed by atoms with E-state index in [1.54, 1.807) is 6.08 Å². The smallest absolute Gasteiger partial charge is 0.123 e. The van der Waals surface area contributed by atoms with Gasteiger partial charge >= 0.3 is 0 Å². The fourth-order valence-corrected chi connectivity index (χ4v) is 3.07. The number of allylic oxidation sites excluding steroid dienone is 1. The van der Waals surface area contributed by atoms with Gasteiger partial charge in [-0.05, 0) is 40.3 Å². The second-order valence-corrected chi connectivity index (χ2v) is 6.79. The van der Waals surface area contributed by atoms with E-state index in [1.807, 2.05) is 24.3 Å². The summed E-state index contributed by atoms with van der Waals surface area (Å²) in [5.74, 6) is 0.887. The highest BCUT2D eigenvalue weighted by molar-refractivity contribution is 5.65. The van der Waals surface area contributed by atoms with Crippen LogP contribution in [0.2, 0.25) is 0 Å². The van der Waals surface area contributed by atoms with Crippen molar-refractivity contribution >= 4 is 12.2 Å². The number of benzene rings is 2. The van der Waals surface area contributed by atoms with Gasteiger partial charge in [-0.3, -0.25) is 0 Å². The Kier molecular flexibility index (Phi) is 6.41. The van der Waals surface area contributed by atoms with E-state index in [9.17, 15) is 0 Å². The summed E-state index contributed by atoms with van der Waals surface area (Å²) in [4.78, 5) is 0. The lowest BCUT2D eigenvalue weighted by Crippen LogP contribution is -2.19. The fourth-order valence-electron chi connectivity index (χ4n) is 3.07. The Morgan fingerprint density at radius 1 is 0.846 bits per heavy atom. The molecule has 1 nitrogen and oxygen atoms in total. The SMILES string of the molecule is C=CCOc1ccc(C(C)(C)c2ccc(C=C)c(C=C)c2)cc1CC=C. The molecule has 0 N–H and O–H groups in total. The van der Waals surface area contributed by atoms with E-state index < -0.39 is 0 Å². The first kappa shape index (κ1) is 19.5. The molecular weight excluding hydrogens is 316 g/mol. The number of hydrogen-bond donors (Lipinski definition) is 0. The molecule has 0 amide bonds. The Labute approximate surface area is 158 Å². The third-order valence-electron chi connectivity index (χ3n) is 4.75. The molecule has 0 aliphatic rings. The molecule has 0 fully saturated rings. The van der Waals surface area contributed by atoms with Gasteiger partial charge in [-0.25, -0.2) is 0 Å². The monoisotopic (exact) mass is 344 g/mol. The summed E-state index contributed by atoms with van der Waals surface area (Å²) in [5, 5.41) is 0. The van der Waals surface area contributed by atoms with E-state index in [0.29, 0.717) is 6.61 Å². The lowest BCUT2D eigenvalue weighted by Gasteiger charge is -2.28. The highest BCUT2D eigenvalue weighted by atomic mass is 16.5. The van der Waals surface area contributed by atoms with Gasteiger partial charge in [0.25, 0.3) is 0 Å². The van der Waals surface area contributed by atoms with E-state index in [4.69, 9.17) is 4.74 Å². The average molecular weight is 344 g/mol. The minimum absolute atomic E-state index is 0.148. The molecule has 1 heteroatoms. The Balaban J connectivity index is 2.49. The maximum absolute atomic E-state index is 5.79. The van der Waals surface area contributed by atoms with Crippen LogP contribution in [0.3, 0.4) is 0 Å². The molecular formula is C25H28O. The summed E-state index contributed by atoms with van der Waals surface area (Å²) in [6, 6.07) is 12.9. The van der Waals surface area contributed by atoms with Gasteiger partial charge in [-0.2, -0.15) is 0 Å². The summed E-state index contributed by atoms with van der Waals surface area (Å²) >= 11 is 0. The molecule has 0 radical (unpaired) electrons. The summed E-state index contributed by atoms with van der Waals surface area (Å²) in [5.41, 5.74) is 5.66. The molecule has 2 aromatic rings. The van der Waals surface area contributed by atoms with Crippen molar-refractivity contribution in [3.63, 3.8) is 0 Å².